The molecule has 0 bridgehead atoms. The summed E-state index contributed by atoms with van der Waals surface area (Å²) in [6.07, 6.45) is 0. The lowest BCUT2D eigenvalue weighted by Gasteiger charge is -2.08. The first kappa shape index (κ1) is 13.3. The summed E-state index contributed by atoms with van der Waals surface area (Å²) >= 11 is 0. The number of nitrogens with zero attached hydrogens (tertiary/aromatic N) is 1. The van der Waals surface area contributed by atoms with Crippen LogP contribution >= 0.6 is 0 Å². The number of aromatic amines is 1. The largest absolute Gasteiger partial charge is 0.497 e. The van der Waals surface area contributed by atoms with Gasteiger partial charge in [0.05, 0.1) is 23.7 Å². The van der Waals surface area contributed by atoms with Gasteiger partial charge in [0.2, 0.25) is 0 Å². The van der Waals surface area contributed by atoms with Gasteiger partial charge in [-0.15, -0.1) is 0 Å². The number of hydrogen-bond acceptors (Lipinski definition) is 1. The van der Waals surface area contributed by atoms with E-state index in [1.165, 1.54) is 27.3 Å². The number of ether oxygens (including phenoxy) is 1. The number of aromatic nitrogens is 2. The molecule has 0 aliphatic heterocycles. The van der Waals surface area contributed by atoms with Crippen LogP contribution in [0.5, 0.6) is 5.75 Å². The van der Waals surface area contributed by atoms with Gasteiger partial charge in [-0.2, -0.15) is 0 Å². The van der Waals surface area contributed by atoms with Crippen LogP contribution in [0.25, 0.3) is 38.5 Å². The fourth-order valence-electron chi connectivity index (χ4n) is 3.55. The first-order chi connectivity index (χ1) is 11.9. The molecule has 0 spiro atoms. The number of hydrogen-bond donors (Lipinski definition) is 1. The summed E-state index contributed by atoms with van der Waals surface area (Å²) in [4.78, 5) is 3.59. The van der Waals surface area contributed by atoms with Crippen molar-refractivity contribution in [3.8, 4) is 11.4 Å². The van der Waals surface area contributed by atoms with Crippen molar-refractivity contribution in [3.63, 3.8) is 0 Å². The Morgan fingerprint density at radius 2 is 1.50 bits per heavy atom. The van der Waals surface area contributed by atoms with E-state index in [9.17, 15) is 0 Å². The van der Waals surface area contributed by atoms with E-state index in [4.69, 9.17) is 4.74 Å². The molecule has 0 atom stereocenters. The molecule has 0 saturated carbocycles. The smallest absolute Gasteiger partial charge is 0.119 e. The molecule has 0 amide bonds. The van der Waals surface area contributed by atoms with Gasteiger partial charge in [-0.25, -0.2) is 0 Å². The Kier molecular flexibility index (Phi) is 2.71. The summed E-state index contributed by atoms with van der Waals surface area (Å²) in [5.41, 5.74) is 5.90. The lowest BCUT2D eigenvalue weighted by Crippen LogP contribution is -1.93. The number of nitrogens with one attached hydrogen (secondary N) is 1. The minimum absolute atomic E-state index is 0.866. The quantitative estimate of drug-likeness (QED) is 0.472. The third-order valence-corrected chi connectivity index (χ3v) is 4.65. The van der Waals surface area contributed by atoms with Crippen molar-refractivity contribution < 1.29 is 4.74 Å². The van der Waals surface area contributed by atoms with Crippen molar-refractivity contribution in [2.45, 2.75) is 0 Å². The van der Waals surface area contributed by atoms with E-state index in [-0.39, 0.29) is 0 Å². The zero-order valence-electron chi connectivity index (χ0n) is 13.3. The number of para-hydroxylation sites is 2. The SMILES string of the molecule is COc1ccc(-n2c3ccccc3c3[nH]c4ccccc4c32)cc1. The van der Waals surface area contributed by atoms with E-state index >= 15 is 0 Å². The van der Waals surface area contributed by atoms with Gasteiger partial charge in [-0.3, -0.25) is 0 Å². The number of H-pyrrole nitrogens is 1. The van der Waals surface area contributed by atoms with E-state index < -0.39 is 0 Å². The van der Waals surface area contributed by atoms with Crippen LogP contribution in [-0.2, 0) is 0 Å². The second-order valence-electron chi connectivity index (χ2n) is 5.94. The summed E-state index contributed by atoms with van der Waals surface area (Å²) in [7, 11) is 1.69. The van der Waals surface area contributed by atoms with Crippen molar-refractivity contribution >= 4 is 32.8 Å². The monoisotopic (exact) mass is 312 g/mol. The Hall–Kier alpha value is -3.20. The average Bonchev–Trinajstić information content (AvgIpc) is 3.17. The molecule has 0 radical (unpaired) electrons. The summed E-state index contributed by atoms with van der Waals surface area (Å²) in [5.74, 6) is 0.866. The van der Waals surface area contributed by atoms with Gasteiger partial charge in [-0.05, 0) is 36.4 Å². The van der Waals surface area contributed by atoms with Crippen LogP contribution in [0.4, 0.5) is 0 Å². The Labute approximate surface area is 139 Å². The van der Waals surface area contributed by atoms with Crippen LogP contribution in [0.2, 0.25) is 0 Å². The molecule has 3 heteroatoms. The van der Waals surface area contributed by atoms with Crippen LogP contribution in [0.15, 0.2) is 72.8 Å². The maximum Gasteiger partial charge on any atom is 0.119 e. The van der Waals surface area contributed by atoms with E-state index in [0.717, 1.165) is 17.0 Å². The summed E-state index contributed by atoms with van der Waals surface area (Å²) in [5, 5.41) is 2.47. The van der Waals surface area contributed by atoms with Crippen molar-refractivity contribution in [1.82, 2.24) is 9.55 Å². The van der Waals surface area contributed by atoms with Gasteiger partial charge >= 0.3 is 0 Å². The normalized spacial score (nSPS) is 11.5. The molecule has 0 fully saturated rings. The van der Waals surface area contributed by atoms with Crippen molar-refractivity contribution in [3.05, 3.63) is 72.8 Å². The van der Waals surface area contributed by atoms with Gasteiger partial charge in [0.1, 0.15) is 5.75 Å². The fraction of sp³-hybridized carbons (Fsp3) is 0.0476. The highest BCUT2D eigenvalue weighted by atomic mass is 16.5. The molecule has 2 aromatic heterocycles. The molecule has 0 saturated heterocycles. The molecule has 5 aromatic rings. The Balaban J connectivity index is 1.96. The van der Waals surface area contributed by atoms with E-state index in [2.05, 4.69) is 70.2 Å². The standard InChI is InChI=1S/C21H16N2O/c1-24-15-12-10-14(11-13-15)23-19-9-5-3-7-17(19)20-21(23)16-6-2-4-8-18(16)22-20/h2-13,22H,1H3. The fourth-order valence-corrected chi connectivity index (χ4v) is 3.55. The van der Waals surface area contributed by atoms with Gasteiger partial charge in [0.25, 0.3) is 0 Å². The van der Waals surface area contributed by atoms with Crippen molar-refractivity contribution in [2.75, 3.05) is 7.11 Å². The van der Waals surface area contributed by atoms with Gasteiger partial charge < -0.3 is 14.3 Å². The highest BCUT2D eigenvalue weighted by molar-refractivity contribution is 6.18. The molecular weight excluding hydrogens is 296 g/mol. The predicted molar refractivity (Wildman–Crippen MR) is 99.2 cm³/mol. The zero-order valence-corrected chi connectivity index (χ0v) is 13.3. The molecule has 5 rings (SSSR count). The van der Waals surface area contributed by atoms with Crippen LogP contribution in [0.3, 0.4) is 0 Å². The molecule has 116 valence electrons. The van der Waals surface area contributed by atoms with Crippen molar-refractivity contribution in [2.24, 2.45) is 0 Å². The molecule has 3 nitrogen and oxygen atoms in total. The second kappa shape index (κ2) is 4.90. The number of fused-ring (bicyclic) bond motifs is 5. The van der Waals surface area contributed by atoms with Crippen LogP contribution in [0.1, 0.15) is 0 Å². The Morgan fingerprint density at radius 1 is 0.792 bits per heavy atom. The average molecular weight is 312 g/mol. The number of benzene rings is 3. The topological polar surface area (TPSA) is 29.9 Å². The third-order valence-electron chi connectivity index (χ3n) is 4.65. The molecular formula is C21H16N2O. The van der Waals surface area contributed by atoms with Gasteiger partial charge in [0, 0.05) is 22.0 Å². The molecule has 0 aliphatic carbocycles. The lowest BCUT2D eigenvalue weighted by molar-refractivity contribution is 0.415. The molecule has 0 unspecified atom stereocenters. The Morgan fingerprint density at radius 3 is 2.29 bits per heavy atom. The molecule has 24 heavy (non-hydrogen) atoms. The van der Waals surface area contributed by atoms with E-state index in [1.807, 2.05) is 12.1 Å². The minimum Gasteiger partial charge on any atom is -0.497 e. The zero-order chi connectivity index (χ0) is 16.1. The van der Waals surface area contributed by atoms with Crippen molar-refractivity contribution in [1.29, 1.82) is 0 Å². The van der Waals surface area contributed by atoms with E-state index in [1.54, 1.807) is 7.11 Å². The molecule has 2 heterocycles. The molecule has 1 N–H and O–H groups in total. The molecule has 3 aromatic carbocycles. The number of methoxy groups -OCH3 is 1. The third kappa shape index (κ3) is 1.72. The predicted octanol–water partition coefficient (Wildman–Crippen LogP) is 5.27. The van der Waals surface area contributed by atoms with Gasteiger partial charge in [-0.1, -0.05) is 36.4 Å². The maximum atomic E-state index is 5.30. The number of rotatable bonds is 2. The van der Waals surface area contributed by atoms with Crippen LogP contribution in [0, 0.1) is 0 Å². The molecule has 0 aliphatic rings. The maximum absolute atomic E-state index is 5.30. The van der Waals surface area contributed by atoms with Crippen LogP contribution in [-0.4, -0.2) is 16.7 Å². The summed E-state index contributed by atoms with van der Waals surface area (Å²) in [6.45, 7) is 0. The van der Waals surface area contributed by atoms with Gasteiger partial charge in [0.15, 0.2) is 0 Å². The second-order valence-corrected chi connectivity index (χ2v) is 5.94. The first-order valence-corrected chi connectivity index (χ1v) is 8.01. The highest BCUT2D eigenvalue weighted by Crippen LogP contribution is 2.36. The lowest BCUT2D eigenvalue weighted by atomic mass is 10.2. The minimum atomic E-state index is 0.866. The van der Waals surface area contributed by atoms with Crippen LogP contribution < -0.4 is 4.74 Å². The highest BCUT2D eigenvalue weighted by Gasteiger charge is 2.16. The van der Waals surface area contributed by atoms with E-state index in [0.29, 0.717) is 0 Å². The summed E-state index contributed by atoms with van der Waals surface area (Å²) in [6, 6.07) is 25.2. The summed E-state index contributed by atoms with van der Waals surface area (Å²) < 4.78 is 7.62. The first-order valence-electron chi connectivity index (χ1n) is 8.01. The Bertz CT molecular complexity index is 1170.